The number of fused-ring (bicyclic) bond motifs is 6. The Bertz CT molecular complexity index is 1580. The molecule has 6 nitrogen and oxygen atoms in total. The van der Waals surface area contributed by atoms with E-state index in [1.165, 1.54) is 6.07 Å². The normalized spacial score (nSPS) is 20.1. The molecule has 6 heteroatoms. The number of hydrogen-bond donors (Lipinski definition) is 2. The summed E-state index contributed by atoms with van der Waals surface area (Å²) < 4.78 is 12.3. The van der Waals surface area contributed by atoms with Crippen molar-refractivity contribution >= 4 is 33.5 Å². The molecule has 0 radical (unpaired) electrons. The van der Waals surface area contributed by atoms with Crippen LogP contribution in [0, 0.1) is 6.92 Å². The number of nitrogens with zero attached hydrogens (tertiary/aromatic N) is 1. The minimum atomic E-state index is -1.01. The van der Waals surface area contributed by atoms with Crippen molar-refractivity contribution in [3.63, 3.8) is 0 Å². The van der Waals surface area contributed by atoms with Gasteiger partial charge in [0.15, 0.2) is 11.5 Å². The smallest absolute Gasteiger partial charge is 0.336 e. The van der Waals surface area contributed by atoms with Crippen molar-refractivity contribution in [2.45, 2.75) is 31.9 Å². The molecule has 0 amide bonds. The maximum atomic E-state index is 12.1. The Morgan fingerprint density at radius 2 is 1.85 bits per heavy atom. The largest absolute Gasteiger partial charge is 0.504 e. The van der Waals surface area contributed by atoms with Gasteiger partial charge in [-0.2, -0.15) is 0 Å². The zero-order valence-electron chi connectivity index (χ0n) is 19.3. The number of aromatic hydroxyl groups is 1. The van der Waals surface area contributed by atoms with E-state index in [2.05, 4.69) is 43.0 Å². The molecule has 1 atom stereocenters. The first kappa shape index (κ1) is 20.8. The van der Waals surface area contributed by atoms with Crippen LogP contribution in [0.15, 0.2) is 63.8 Å². The molecule has 172 valence electrons. The minimum Gasteiger partial charge on any atom is -0.504 e. The van der Waals surface area contributed by atoms with E-state index in [0.29, 0.717) is 23.1 Å². The average Bonchev–Trinajstić information content (AvgIpc) is 2.99. The van der Waals surface area contributed by atoms with Gasteiger partial charge in [-0.1, -0.05) is 30.3 Å². The lowest BCUT2D eigenvalue weighted by Gasteiger charge is -2.47. The number of β-amino-alcohol motifs (C(OH)–C–C–N with tert-alkyl or cyclic N) is 1. The van der Waals surface area contributed by atoms with Crippen molar-refractivity contribution in [1.29, 1.82) is 0 Å². The molecule has 3 heterocycles. The summed E-state index contributed by atoms with van der Waals surface area (Å²) in [5.74, 6) is 0.237. The number of ether oxygens (including phenoxy) is 1. The highest BCUT2D eigenvalue weighted by atomic mass is 16.5. The predicted octanol–water partition coefficient (Wildman–Crippen LogP) is 4.85. The molecule has 1 spiro atoms. The molecule has 3 aromatic carbocycles. The predicted molar refractivity (Wildman–Crippen MR) is 133 cm³/mol. The summed E-state index contributed by atoms with van der Waals surface area (Å²) in [5.41, 5.74) is 1.72. The highest BCUT2D eigenvalue weighted by Crippen LogP contribution is 2.58. The molecular formula is C28H25NO5. The highest BCUT2D eigenvalue weighted by molar-refractivity contribution is 5.96. The van der Waals surface area contributed by atoms with E-state index in [9.17, 15) is 15.0 Å². The van der Waals surface area contributed by atoms with Gasteiger partial charge in [-0.05, 0) is 67.0 Å². The van der Waals surface area contributed by atoms with Crippen LogP contribution >= 0.6 is 0 Å². The SMILES string of the molecule is Cc1cc(=O)oc2c3c(c(O)cc12)OC1(C=C3)N(CCO)c2ccc3ccccc3c2C1(C)C. The molecule has 34 heavy (non-hydrogen) atoms. The van der Waals surface area contributed by atoms with E-state index in [1.807, 2.05) is 31.2 Å². The molecule has 6 rings (SSSR count). The van der Waals surface area contributed by atoms with Crippen LogP contribution in [0.1, 0.15) is 30.5 Å². The van der Waals surface area contributed by atoms with Crippen molar-refractivity contribution in [2.75, 3.05) is 18.1 Å². The fourth-order valence-corrected chi connectivity index (χ4v) is 5.79. The number of rotatable bonds is 2. The summed E-state index contributed by atoms with van der Waals surface area (Å²) in [7, 11) is 0. The molecule has 0 aliphatic carbocycles. The topological polar surface area (TPSA) is 83.1 Å². The summed E-state index contributed by atoms with van der Waals surface area (Å²) in [6.07, 6.45) is 3.82. The van der Waals surface area contributed by atoms with Crippen molar-refractivity contribution in [3.8, 4) is 11.5 Å². The summed E-state index contributed by atoms with van der Waals surface area (Å²) in [6.45, 7) is 6.33. The van der Waals surface area contributed by atoms with Gasteiger partial charge in [-0.3, -0.25) is 0 Å². The standard InChI is InChI=1S/C28H25NO5/c1-16-14-23(32)33-25-19-10-11-28(34-26(19)22(31)15-20(16)25)27(2,3)24-18-7-5-4-6-17(18)8-9-21(24)29(28)12-13-30/h4-11,14-15,30-31H,12-13H2,1-3H3. The average molecular weight is 456 g/mol. The van der Waals surface area contributed by atoms with Crippen LogP contribution in [0.4, 0.5) is 5.69 Å². The van der Waals surface area contributed by atoms with Crippen molar-refractivity contribution in [3.05, 3.63) is 81.7 Å². The van der Waals surface area contributed by atoms with Gasteiger partial charge in [0.05, 0.1) is 17.6 Å². The minimum absolute atomic E-state index is 0.0243. The molecule has 2 aliphatic rings. The van der Waals surface area contributed by atoms with Crippen molar-refractivity contribution < 1.29 is 19.4 Å². The fourth-order valence-electron chi connectivity index (χ4n) is 5.79. The van der Waals surface area contributed by atoms with Crippen LogP contribution in [0.5, 0.6) is 11.5 Å². The molecule has 0 saturated carbocycles. The van der Waals surface area contributed by atoms with E-state index < -0.39 is 16.8 Å². The zero-order chi connectivity index (χ0) is 23.8. The van der Waals surface area contributed by atoms with Gasteiger partial charge >= 0.3 is 5.63 Å². The van der Waals surface area contributed by atoms with Crippen molar-refractivity contribution in [1.82, 2.24) is 0 Å². The number of benzene rings is 3. The summed E-state index contributed by atoms with van der Waals surface area (Å²) >= 11 is 0. The maximum absolute atomic E-state index is 12.1. The fraction of sp³-hybridized carbons (Fsp3) is 0.250. The molecular weight excluding hydrogens is 430 g/mol. The van der Waals surface area contributed by atoms with Crippen LogP contribution in [0.25, 0.3) is 27.8 Å². The van der Waals surface area contributed by atoms with E-state index in [-0.39, 0.29) is 18.1 Å². The van der Waals surface area contributed by atoms with Crippen LogP contribution in [0.2, 0.25) is 0 Å². The number of aliphatic hydroxyl groups is 1. The van der Waals surface area contributed by atoms with E-state index in [1.54, 1.807) is 6.07 Å². The second-order valence-corrected chi connectivity index (χ2v) is 9.58. The molecule has 2 aliphatic heterocycles. The first-order valence-corrected chi connectivity index (χ1v) is 11.4. The van der Waals surface area contributed by atoms with Gasteiger partial charge in [-0.25, -0.2) is 4.79 Å². The van der Waals surface area contributed by atoms with Gasteiger partial charge in [0, 0.05) is 23.7 Å². The maximum Gasteiger partial charge on any atom is 0.336 e. The lowest BCUT2D eigenvalue weighted by molar-refractivity contribution is 0.0483. The van der Waals surface area contributed by atoms with Crippen molar-refractivity contribution in [2.24, 2.45) is 0 Å². The summed E-state index contributed by atoms with van der Waals surface area (Å²) in [4.78, 5) is 14.2. The van der Waals surface area contributed by atoms with Gasteiger partial charge < -0.3 is 24.3 Å². The second kappa shape index (κ2) is 6.87. The Balaban J connectivity index is 1.63. The molecule has 0 fully saturated rings. The highest BCUT2D eigenvalue weighted by Gasteiger charge is 2.59. The molecule has 1 aromatic heterocycles. The third-order valence-corrected chi connectivity index (χ3v) is 7.39. The van der Waals surface area contributed by atoms with Crippen LogP contribution < -0.4 is 15.3 Å². The second-order valence-electron chi connectivity index (χ2n) is 9.58. The Morgan fingerprint density at radius 1 is 1.06 bits per heavy atom. The number of aryl methyl sites for hydroxylation is 1. The number of aliphatic hydroxyl groups excluding tert-OH is 1. The first-order chi connectivity index (χ1) is 16.3. The number of anilines is 1. The van der Waals surface area contributed by atoms with E-state index in [0.717, 1.165) is 27.6 Å². The van der Waals surface area contributed by atoms with Crippen LogP contribution in [-0.4, -0.2) is 29.1 Å². The lowest BCUT2D eigenvalue weighted by Crippen LogP contribution is -2.60. The number of phenolic OH excluding ortho intramolecular Hbond substituents is 1. The molecule has 2 N–H and O–H groups in total. The molecule has 1 unspecified atom stereocenters. The number of phenols is 1. The van der Waals surface area contributed by atoms with Crippen LogP contribution in [0.3, 0.4) is 0 Å². The van der Waals surface area contributed by atoms with Gasteiger partial charge in [0.2, 0.25) is 5.72 Å². The summed E-state index contributed by atoms with van der Waals surface area (Å²) in [5, 5.41) is 23.9. The van der Waals surface area contributed by atoms with Gasteiger partial charge in [-0.15, -0.1) is 0 Å². The number of hydrogen-bond acceptors (Lipinski definition) is 6. The van der Waals surface area contributed by atoms with Gasteiger partial charge in [0.25, 0.3) is 0 Å². The Kier molecular flexibility index (Phi) is 4.20. The van der Waals surface area contributed by atoms with Gasteiger partial charge in [0.1, 0.15) is 5.58 Å². The quantitative estimate of drug-likeness (QED) is 0.421. The Labute approximate surface area is 196 Å². The van der Waals surface area contributed by atoms with Crippen LogP contribution in [-0.2, 0) is 5.41 Å². The molecule has 4 aromatic rings. The summed E-state index contributed by atoms with van der Waals surface area (Å²) in [6, 6.07) is 15.4. The van der Waals surface area contributed by atoms with E-state index in [4.69, 9.17) is 9.15 Å². The Morgan fingerprint density at radius 3 is 2.65 bits per heavy atom. The third kappa shape index (κ3) is 2.51. The molecule has 0 saturated heterocycles. The third-order valence-electron chi connectivity index (χ3n) is 7.39. The van der Waals surface area contributed by atoms with E-state index >= 15 is 0 Å². The first-order valence-electron chi connectivity index (χ1n) is 11.4. The monoisotopic (exact) mass is 455 g/mol. The molecule has 0 bridgehead atoms. The lowest BCUT2D eigenvalue weighted by atomic mass is 9.74. The zero-order valence-corrected chi connectivity index (χ0v) is 19.3. The Hall–Kier alpha value is -3.77.